The van der Waals surface area contributed by atoms with Gasteiger partial charge in [0.1, 0.15) is 5.75 Å². The third-order valence-electron chi connectivity index (χ3n) is 2.67. The molecule has 0 aliphatic heterocycles. The Labute approximate surface area is 103 Å². The van der Waals surface area contributed by atoms with Gasteiger partial charge < -0.3 is 10.5 Å². The van der Waals surface area contributed by atoms with E-state index in [1.807, 2.05) is 0 Å². The second kappa shape index (κ2) is 6.16. The van der Waals surface area contributed by atoms with Crippen molar-refractivity contribution in [2.24, 2.45) is 5.73 Å². The monoisotopic (exact) mass is 239 g/mol. The number of methoxy groups -OCH3 is 1. The van der Waals surface area contributed by atoms with Crippen LogP contribution in [0.1, 0.15) is 36.9 Å². The molecule has 1 aromatic rings. The molecule has 0 fully saturated rings. The van der Waals surface area contributed by atoms with Gasteiger partial charge in [-0.05, 0) is 23.8 Å². The Morgan fingerprint density at radius 1 is 1.38 bits per heavy atom. The van der Waals surface area contributed by atoms with Crippen molar-refractivity contribution in [3.05, 3.63) is 29.3 Å². The largest absolute Gasteiger partial charge is 0.496 e. The minimum absolute atomic E-state index is 0.0474. The van der Waals surface area contributed by atoms with Crippen LogP contribution in [0.15, 0.2) is 18.2 Å². The molecule has 1 rings (SSSR count). The van der Waals surface area contributed by atoms with Gasteiger partial charge in [-0.3, -0.25) is 0 Å². The molecule has 0 amide bonds. The van der Waals surface area contributed by atoms with E-state index in [2.05, 4.69) is 38.3 Å². The zero-order valence-electron chi connectivity index (χ0n) is 10.5. The number of hydrogen-bond acceptors (Lipinski definition) is 3. The molecule has 0 aromatic heterocycles. The molecule has 2 nitrogen and oxygen atoms in total. The Bertz CT molecular complexity index is 339. The van der Waals surface area contributed by atoms with Gasteiger partial charge in [0, 0.05) is 17.4 Å². The molecule has 3 heteroatoms. The molecule has 16 heavy (non-hydrogen) atoms. The van der Waals surface area contributed by atoms with Crippen LogP contribution in [0.25, 0.3) is 0 Å². The van der Waals surface area contributed by atoms with Crippen molar-refractivity contribution in [1.29, 1.82) is 0 Å². The summed E-state index contributed by atoms with van der Waals surface area (Å²) in [5.41, 5.74) is 8.49. The number of benzene rings is 1. The zero-order chi connectivity index (χ0) is 12.1. The SMILES string of the molecule is COc1cc(C(C)C)ccc1C(N)CSC. The molecule has 2 N–H and O–H groups in total. The van der Waals surface area contributed by atoms with Crippen LogP contribution in [0.5, 0.6) is 5.75 Å². The quantitative estimate of drug-likeness (QED) is 0.857. The highest BCUT2D eigenvalue weighted by Crippen LogP contribution is 2.29. The minimum Gasteiger partial charge on any atom is -0.496 e. The minimum atomic E-state index is 0.0474. The van der Waals surface area contributed by atoms with E-state index >= 15 is 0 Å². The molecule has 0 saturated carbocycles. The Morgan fingerprint density at radius 2 is 2.06 bits per heavy atom. The van der Waals surface area contributed by atoms with Crippen LogP contribution in [0.3, 0.4) is 0 Å². The summed E-state index contributed by atoms with van der Waals surface area (Å²) in [6.07, 6.45) is 2.06. The smallest absolute Gasteiger partial charge is 0.123 e. The normalized spacial score (nSPS) is 12.9. The van der Waals surface area contributed by atoms with Crippen LogP contribution in [0.2, 0.25) is 0 Å². The molecule has 0 aliphatic carbocycles. The summed E-state index contributed by atoms with van der Waals surface area (Å²) in [6.45, 7) is 4.35. The fourth-order valence-electron chi connectivity index (χ4n) is 1.66. The Kier molecular flexibility index (Phi) is 5.16. The van der Waals surface area contributed by atoms with Crippen LogP contribution in [0.4, 0.5) is 0 Å². The van der Waals surface area contributed by atoms with Crippen molar-refractivity contribution >= 4 is 11.8 Å². The van der Waals surface area contributed by atoms with Crippen molar-refractivity contribution in [2.75, 3.05) is 19.1 Å². The molecule has 0 saturated heterocycles. The zero-order valence-corrected chi connectivity index (χ0v) is 11.3. The predicted molar refractivity (Wildman–Crippen MR) is 72.4 cm³/mol. The molecule has 1 unspecified atom stereocenters. The summed E-state index contributed by atoms with van der Waals surface area (Å²) in [7, 11) is 1.70. The number of ether oxygens (including phenoxy) is 1. The highest BCUT2D eigenvalue weighted by Gasteiger charge is 2.12. The molecule has 0 bridgehead atoms. The van der Waals surface area contributed by atoms with Gasteiger partial charge in [0.2, 0.25) is 0 Å². The van der Waals surface area contributed by atoms with E-state index in [4.69, 9.17) is 10.5 Å². The molecular formula is C13H21NOS. The fourth-order valence-corrected chi connectivity index (χ4v) is 2.20. The molecule has 1 aromatic carbocycles. The van der Waals surface area contributed by atoms with Crippen molar-refractivity contribution in [1.82, 2.24) is 0 Å². The number of rotatable bonds is 5. The number of thioether (sulfide) groups is 1. The third-order valence-corrected chi connectivity index (χ3v) is 3.36. The van der Waals surface area contributed by atoms with E-state index in [9.17, 15) is 0 Å². The Balaban J connectivity index is 3.01. The van der Waals surface area contributed by atoms with Crippen molar-refractivity contribution in [3.63, 3.8) is 0 Å². The Hall–Kier alpha value is -0.670. The van der Waals surface area contributed by atoms with Gasteiger partial charge in [-0.2, -0.15) is 11.8 Å². The van der Waals surface area contributed by atoms with Gasteiger partial charge in [0.15, 0.2) is 0 Å². The standard InChI is InChI=1S/C13H21NOS/c1-9(2)10-5-6-11(12(14)8-16-4)13(7-10)15-3/h5-7,9,12H,8,14H2,1-4H3. The summed E-state index contributed by atoms with van der Waals surface area (Å²) in [5, 5.41) is 0. The van der Waals surface area contributed by atoms with Crippen LogP contribution >= 0.6 is 11.8 Å². The average Bonchev–Trinajstić information content (AvgIpc) is 2.28. The van der Waals surface area contributed by atoms with E-state index in [1.54, 1.807) is 18.9 Å². The molecule has 0 heterocycles. The molecule has 0 spiro atoms. The number of hydrogen-bond donors (Lipinski definition) is 1. The predicted octanol–water partition coefficient (Wildman–Crippen LogP) is 3.18. The lowest BCUT2D eigenvalue weighted by atomic mass is 9.99. The first kappa shape index (κ1) is 13.4. The molecule has 1 atom stereocenters. The lowest BCUT2D eigenvalue weighted by Crippen LogP contribution is -2.14. The highest BCUT2D eigenvalue weighted by atomic mass is 32.2. The average molecular weight is 239 g/mol. The van der Waals surface area contributed by atoms with E-state index < -0.39 is 0 Å². The van der Waals surface area contributed by atoms with Crippen molar-refractivity contribution < 1.29 is 4.74 Å². The van der Waals surface area contributed by atoms with Crippen LogP contribution in [-0.4, -0.2) is 19.1 Å². The topological polar surface area (TPSA) is 35.2 Å². The lowest BCUT2D eigenvalue weighted by Gasteiger charge is -2.17. The maximum absolute atomic E-state index is 6.11. The van der Waals surface area contributed by atoms with E-state index in [0.717, 1.165) is 17.1 Å². The van der Waals surface area contributed by atoms with Gasteiger partial charge in [-0.25, -0.2) is 0 Å². The first-order chi connectivity index (χ1) is 7.60. The number of nitrogens with two attached hydrogens (primary N) is 1. The van der Waals surface area contributed by atoms with E-state index in [0.29, 0.717) is 5.92 Å². The first-order valence-electron chi connectivity index (χ1n) is 5.52. The van der Waals surface area contributed by atoms with Crippen molar-refractivity contribution in [3.8, 4) is 5.75 Å². The van der Waals surface area contributed by atoms with Crippen LogP contribution in [-0.2, 0) is 0 Å². The van der Waals surface area contributed by atoms with Crippen LogP contribution in [0, 0.1) is 0 Å². The van der Waals surface area contributed by atoms with Gasteiger partial charge >= 0.3 is 0 Å². The summed E-state index contributed by atoms with van der Waals surface area (Å²) < 4.78 is 5.41. The summed E-state index contributed by atoms with van der Waals surface area (Å²) in [6, 6.07) is 6.38. The maximum Gasteiger partial charge on any atom is 0.123 e. The molecular weight excluding hydrogens is 218 g/mol. The fraction of sp³-hybridized carbons (Fsp3) is 0.538. The summed E-state index contributed by atoms with van der Waals surface area (Å²) in [4.78, 5) is 0. The lowest BCUT2D eigenvalue weighted by molar-refractivity contribution is 0.406. The van der Waals surface area contributed by atoms with Gasteiger partial charge in [-0.15, -0.1) is 0 Å². The Morgan fingerprint density at radius 3 is 2.56 bits per heavy atom. The highest BCUT2D eigenvalue weighted by molar-refractivity contribution is 7.98. The summed E-state index contributed by atoms with van der Waals surface area (Å²) in [5.74, 6) is 2.34. The molecule has 0 radical (unpaired) electrons. The van der Waals surface area contributed by atoms with E-state index in [-0.39, 0.29) is 6.04 Å². The van der Waals surface area contributed by atoms with Crippen LogP contribution < -0.4 is 10.5 Å². The summed E-state index contributed by atoms with van der Waals surface area (Å²) >= 11 is 1.75. The van der Waals surface area contributed by atoms with E-state index in [1.165, 1.54) is 5.56 Å². The molecule has 90 valence electrons. The second-order valence-corrected chi connectivity index (χ2v) is 5.13. The second-order valence-electron chi connectivity index (χ2n) is 4.22. The maximum atomic E-state index is 6.11. The first-order valence-corrected chi connectivity index (χ1v) is 6.91. The molecule has 0 aliphatic rings. The van der Waals surface area contributed by atoms with Gasteiger partial charge in [0.05, 0.1) is 7.11 Å². The van der Waals surface area contributed by atoms with Gasteiger partial charge in [-0.1, -0.05) is 26.0 Å². The van der Waals surface area contributed by atoms with Crippen molar-refractivity contribution in [2.45, 2.75) is 25.8 Å². The third kappa shape index (κ3) is 3.16. The van der Waals surface area contributed by atoms with Gasteiger partial charge in [0.25, 0.3) is 0 Å².